The van der Waals surface area contributed by atoms with Gasteiger partial charge in [0.25, 0.3) is 0 Å². The van der Waals surface area contributed by atoms with E-state index in [-0.39, 0.29) is 23.4 Å². The van der Waals surface area contributed by atoms with Crippen molar-refractivity contribution < 1.29 is 4.79 Å². The molecule has 1 unspecified atom stereocenters. The predicted octanol–water partition coefficient (Wildman–Crippen LogP) is 5.23. The predicted molar refractivity (Wildman–Crippen MR) is 126 cm³/mol. The van der Waals surface area contributed by atoms with E-state index in [2.05, 4.69) is 74.5 Å². The van der Waals surface area contributed by atoms with Gasteiger partial charge in [0.1, 0.15) is 6.33 Å². The maximum atomic E-state index is 12.7. The van der Waals surface area contributed by atoms with Crippen molar-refractivity contribution >= 4 is 27.5 Å². The van der Waals surface area contributed by atoms with E-state index in [1.807, 2.05) is 11.8 Å². The van der Waals surface area contributed by atoms with E-state index >= 15 is 0 Å². The Bertz CT molecular complexity index is 1290. The van der Waals surface area contributed by atoms with Crippen molar-refractivity contribution in [3.63, 3.8) is 0 Å². The maximum Gasteiger partial charge on any atom is 0.223 e. The minimum atomic E-state index is 0.0448. The van der Waals surface area contributed by atoms with Crippen molar-refractivity contribution in [1.29, 1.82) is 0 Å². The SMILES string of the molecule is CC1(NC(=O)[C@H]2CCC(n3cnnc3-c3ccc(-c4ccc5ncsc5c4)cc3)C2)CC1. The van der Waals surface area contributed by atoms with Gasteiger partial charge in [0, 0.05) is 23.1 Å². The number of thiazole rings is 1. The summed E-state index contributed by atoms with van der Waals surface area (Å²) in [6.07, 6.45) is 6.75. The number of carbonyl (C=O) groups is 1. The highest BCUT2D eigenvalue weighted by molar-refractivity contribution is 7.16. The van der Waals surface area contributed by atoms with Crippen LogP contribution in [0.25, 0.3) is 32.7 Å². The molecule has 0 saturated heterocycles. The third kappa shape index (κ3) is 3.60. The molecule has 2 aromatic heterocycles. The first-order valence-corrected chi connectivity index (χ1v) is 12.1. The molecule has 0 aliphatic heterocycles. The molecule has 2 saturated carbocycles. The Kier molecular flexibility index (Phi) is 4.61. The van der Waals surface area contributed by atoms with Crippen LogP contribution in [0.3, 0.4) is 0 Å². The fourth-order valence-corrected chi connectivity index (χ4v) is 5.44. The van der Waals surface area contributed by atoms with Gasteiger partial charge < -0.3 is 9.88 Å². The van der Waals surface area contributed by atoms with E-state index in [9.17, 15) is 4.79 Å². The third-order valence-corrected chi connectivity index (χ3v) is 7.77. The van der Waals surface area contributed by atoms with E-state index in [4.69, 9.17) is 0 Å². The topological polar surface area (TPSA) is 72.7 Å². The summed E-state index contributed by atoms with van der Waals surface area (Å²) in [5, 5.41) is 11.8. The summed E-state index contributed by atoms with van der Waals surface area (Å²) in [6, 6.07) is 15.1. The van der Waals surface area contributed by atoms with Crippen molar-refractivity contribution in [2.75, 3.05) is 0 Å². The van der Waals surface area contributed by atoms with E-state index in [0.717, 1.165) is 49.0 Å². The molecule has 2 fully saturated rings. The normalized spacial score (nSPS) is 21.7. The lowest BCUT2D eigenvalue weighted by Crippen LogP contribution is -2.38. The minimum Gasteiger partial charge on any atom is -0.351 e. The molecule has 2 aromatic carbocycles. The van der Waals surface area contributed by atoms with E-state index in [1.165, 1.54) is 15.8 Å². The van der Waals surface area contributed by atoms with Crippen molar-refractivity contribution in [1.82, 2.24) is 25.1 Å². The number of hydrogen-bond donors (Lipinski definition) is 1. The van der Waals surface area contributed by atoms with Gasteiger partial charge in [-0.25, -0.2) is 4.98 Å². The van der Waals surface area contributed by atoms with Gasteiger partial charge >= 0.3 is 0 Å². The Labute approximate surface area is 190 Å². The van der Waals surface area contributed by atoms with Gasteiger partial charge in [-0.05, 0) is 62.3 Å². The molecule has 4 aromatic rings. The van der Waals surface area contributed by atoms with Crippen LogP contribution in [0, 0.1) is 5.92 Å². The van der Waals surface area contributed by atoms with Crippen LogP contribution in [0.5, 0.6) is 0 Å². The number of amides is 1. The van der Waals surface area contributed by atoms with E-state index in [1.54, 1.807) is 11.3 Å². The van der Waals surface area contributed by atoms with Crippen molar-refractivity contribution in [2.45, 2.75) is 50.6 Å². The zero-order valence-electron chi connectivity index (χ0n) is 18.0. The van der Waals surface area contributed by atoms with Gasteiger partial charge in [0.05, 0.1) is 15.7 Å². The summed E-state index contributed by atoms with van der Waals surface area (Å²) in [4.78, 5) is 17.0. The molecule has 0 radical (unpaired) electrons. The first kappa shape index (κ1) is 19.6. The maximum absolute atomic E-state index is 12.7. The summed E-state index contributed by atoms with van der Waals surface area (Å²) >= 11 is 1.66. The molecule has 6 rings (SSSR count). The zero-order valence-corrected chi connectivity index (χ0v) is 18.8. The lowest BCUT2D eigenvalue weighted by atomic mass is 10.0. The molecule has 6 nitrogen and oxygen atoms in total. The average molecular weight is 444 g/mol. The minimum absolute atomic E-state index is 0.0448. The van der Waals surface area contributed by atoms with Gasteiger partial charge in [-0.2, -0.15) is 0 Å². The molecule has 162 valence electrons. The van der Waals surface area contributed by atoms with Crippen LogP contribution in [-0.2, 0) is 4.79 Å². The largest absolute Gasteiger partial charge is 0.351 e. The quantitative estimate of drug-likeness (QED) is 0.458. The second kappa shape index (κ2) is 7.52. The Morgan fingerprint density at radius 3 is 2.69 bits per heavy atom. The summed E-state index contributed by atoms with van der Waals surface area (Å²) in [5.74, 6) is 1.16. The summed E-state index contributed by atoms with van der Waals surface area (Å²) in [6.45, 7) is 2.13. The number of fused-ring (bicyclic) bond motifs is 1. The summed E-state index contributed by atoms with van der Waals surface area (Å²) in [7, 11) is 0. The van der Waals surface area contributed by atoms with Gasteiger partial charge in [-0.3, -0.25) is 4.79 Å². The highest BCUT2D eigenvalue weighted by Gasteiger charge is 2.41. The number of rotatable bonds is 5. The Morgan fingerprint density at radius 1 is 1.09 bits per heavy atom. The zero-order chi connectivity index (χ0) is 21.7. The van der Waals surface area contributed by atoms with Gasteiger partial charge in [0.15, 0.2) is 5.82 Å². The fourth-order valence-electron chi connectivity index (χ4n) is 4.72. The van der Waals surface area contributed by atoms with Crippen LogP contribution in [0.4, 0.5) is 0 Å². The Morgan fingerprint density at radius 2 is 1.88 bits per heavy atom. The first-order valence-electron chi connectivity index (χ1n) is 11.2. The number of aromatic nitrogens is 4. The fraction of sp³-hybridized carbons (Fsp3) is 0.360. The number of nitrogens with zero attached hydrogens (tertiary/aromatic N) is 4. The first-order chi connectivity index (χ1) is 15.6. The standard InChI is InChI=1S/C25H25N5OS/c1-25(10-11-25)28-24(31)19-6-8-20(12-19)30-14-27-29-23(30)17-4-2-16(3-5-17)18-7-9-21-22(13-18)32-15-26-21/h2-5,7,9,13-15,19-20H,6,8,10-12H2,1H3,(H,28,31)/t19-,20?/m0/s1. The number of carbonyl (C=O) groups excluding carboxylic acids is 1. The van der Waals surface area contributed by atoms with Crippen LogP contribution in [0.15, 0.2) is 54.3 Å². The average Bonchev–Trinajstić information content (AvgIpc) is 3.28. The smallest absolute Gasteiger partial charge is 0.223 e. The van der Waals surface area contributed by atoms with E-state index < -0.39 is 0 Å². The molecule has 7 heteroatoms. The highest BCUT2D eigenvalue weighted by atomic mass is 32.1. The Balaban J connectivity index is 1.20. The van der Waals surface area contributed by atoms with Gasteiger partial charge in [-0.15, -0.1) is 21.5 Å². The molecule has 2 aliphatic rings. The van der Waals surface area contributed by atoms with Crippen LogP contribution < -0.4 is 5.32 Å². The van der Waals surface area contributed by atoms with E-state index in [0.29, 0.717) is 0 Å². The lowest BCUT2D eigenvalue weighted by molar-refractivity contribution is -0.125. The summed E-state index contributed by atoms with van der Waals surface area (Å²) in [5.41, 5.74) is 6.36. The molecule has 32 heavy (non-hydrogen) atoms. The molecule has 1 amide bonds. The monoisotopic (exact) mass is 443 g/mol. The molecular formula is C25H25N5OS. The summed E-state index contributed by atoms with van der Waals surface area (Å²) < 4.78 is 3.35. The third-order valence-electron chi connectivity index (χ3n) is 6.97. The van der Waals surface area contributed by atoms with Crippen molar-refractivity contribution in [3.8, 4) is 22.5 Å². The van der Waals surface area contributed by atoms with Crippen LogP contribution in [0.2, 0.25) is 0 Å². The van der Waals surface area contributed by atoms with Crippen LogP contribution in [0.1, 0.15) is 45.1 Å². The second-order valence-corrected chi connectivity index (χ2v) is 10.3. The van der Waals surface area contributed by atoms with Crippen LogP contribution >= 0.6 is 11.3 Å². The molecule has 0 spiro atoms. The lowest BCUT2D eigenvalue weighted by Gasteiger charge is -2.17. The Hall–Kier alpha value is -3.06. The highest BCUT2D eigenvalue weighted by Crippen LogP contribution is 2.39. The molecule has 2 atom stereocenters. The van der Waals surface area contributed by atoms with Crippen LogP contribution in [-0.4, -0.2) is 31.2 Å². The molecule has 2 aliphatic carbocycles. The van der Waals surface area contributed by atoms with Gasteiger partial charge in [0.2, 0.25) is 5.91 Å². The molecule has 2 heterocycles. The molecular weight excluding hydrogens is 418 g/mol. The molecule has 1 N–H and O–H groups in total. The molecule has 0 bridgehead atoms. The number of nitrogens with one attached hydrogen (secondary N) is 1. The second-order valence-electron chi connectivity index (χ2n) is 9.39. The van der Waals surface area contributed by atoms with Crippen molar-refractivity contribution in [2.24, 2.45) is 5.92 Å². The number of benzene rings is 2. The van der Waals surface area contributed by atoms with Crippen molar-refractivity contribution in [3.05, 3.63) is 54.3 Å². The number of hydrogen-bond acceptors (Lipinski definition) is 5. The van der Waals surface area contributed by atoms with Gasteiger partial charge in [-0.1, -0.05) is 30.3 Å².